The van der Waals surface area contributed by atoms with Crippen LogP contribution in [0.1, 0.15) is 89.8 Å². The van der Waals surface area contributed by atoms with Crippen molar-refractivity contribution in [3.8, 4) is 0 Å². The minimum Gasteiger partial charge on any atom is -0.418 e. The van der Waals surface area contributed by atoms with Crippen molar-refractivity contribution >= 4 is 23.1 Å². The van der Waals surface area contributed by atoms with Crippen LogP contribution >= 0.6 is 15.8 Å². The van der Waals surface area contributed by atoms with E-state index in [2.05, 4.69) is 140 Å². The maximum Gasteiger partial charge on any atom is 0.673 e. The Kier molecular flexibility index (Phi) is 13.5. The van der Waals surface area contributed by atoms with Gasteiger partial charge in [0.15, 0.2) is 0 Å². The van der Waals surface area contributed by atoms with E-state index in [0.717, 1.165) is 0 Å². The van der Waals surface area contributed by atoms with Crippen molar-refractivity contribution in [3.05, 3.63) is 167 Å². The van der Waals surface area contributed by atoms with E-state index < -0.39 is 7.25 Å². The number of halogens is 4. The Morgan fingerprint density at radius 2 is 0.812 bits per heavy atom. The van der Waals surface area contributed by atoms with Crippen LogP contribution in [0.3, 0.4) is 0 Å². The summed E-state index contributed by atoms with van der Waals surface area (Å²) < 4.78 is 39.0. The third kappa shape index (κ3) is 9.24. The molecule has 2 saturated heterocycles. The second kappa shape index (κ2) is 17.5. The molecule has 0 saturated carbocycles. The van der Waals surface area contributed by atoms with Crippen molar-refractivity contribution in [2.24, 2.45) is 0 Å². The number of benzene rings is 4. The monoisotopic (exact) mass is 774 g/mol. The van der Waals surface area contributed by atoms with Crippen LogP contribution in [0.25, 0.3) is 0 Å². The van der Waals surface area contributed by atoms with Gasteiger partial charge in [0.25, 0.3) is 0 Å². The molecule has 2 aliphatic heterocycles. The van der Waals surface area contributed by atoms with Crippen LogP contribution in [0, 0.1) is 0 Å². The molecule has 0 bridgehead atoms. The SMILES string of the molecule is C1=CC[C@H](P2C(c3ccccc3)CCC2c2ccccc2)/C(P2C(c3ccccc3)CC[C@H]2c2ccccc2)=C\CC1.F[B-](F)(F)F.[Rh]. The summed E-state index contributed by atoms with van der Waals surface area (Å²) in [6.45, 7) is 0. The van der Waals surface area contributed by atoms with Crippen LogP contribution in [0.15, 0.2) is 145 Å². The van der Waals surface area contributed by atoms with E-state index in [1.54, 1.807) is 22.3 Å². The molecule has 3 aliphatic rings. The molecule has 48 heavy (non-hydrogen) atoms. The topological polar surface area (TPSA) is 0 Å². The second-order valence-electron chi connectivity index (χ2n) is 12.6. The third-order valence-electron chi connectivity index (χ3n) is 9.77. The van der Waals surface area contributed by atoms with Gasteiger partial charge >= 0.3 is 7.25 Å². The molecule has 0 amide bonds. The average Bonchev–Trinajstić information content (AvgIpc) is 3.71. The number of allylic oxidation sites excluding steroid dienone is 4. The molecular weight excluding hydrogens is 732 g/mol. The van der Waals surface area contributed by atoms with Gasteiger partial charge < -0.3 is 17.3 Å². The van der Waals surface area contributed by atoms with Crippen molar-refractivity contribution in [1.29, 1.82) is 0 Å². The van der Waals surface area contributed by atoms with E-state index in [1.807, 2.05) is 5.31 Å². The first-order valence-corrected chi connectivity index (χ1v) is 19.9. The fraction of sp³-hybridized carbons (Fsp3) is 0.300. The first kappa shape index (κ1) is 36.9. The molecule has 2 fully saturated rings. The Hall–Kier alpha value is -2.37. The molecule has 7 rings (SSSR count). The van der Waals surface area contributed by atoms with Crippen molar-refractivity contribution in [2.45, 2.75) is 73.2 Å². The fourth-order valence-electron chi connectivity index (χ4n) is 7.95. The smallest absolute Gasteiger partial charge is 0.418 e. The molecule has 4 aromatic carbocycles. The molecule has 4 unspecified atom stereocenters. The number of hydrogen-bond donors (Lipinski definition) is 0. The summed E-state index contributed by atoms with van der Waals surface area (Å²) in [5.41, 5.74) is 9.53. The summed E-state index contributed by atoms with van der Waals surface area (Å²) in [7, 11) is -6.67. The van der Waals surface area contributed by atoms with Crippen LogP contribution < -0.4 is 0 Å². The van der Waals surface area contributed by atoms with E-state index in [0.29, 0.717) is 28.3 Å². The Labute approximate surface area is 298 Å². The van der Waals surface area contributed by atoms with Gasteiger partial charge in [-0.15, -0.1) is 0 Å². The van der Waals surface area contributed by atoms with Gasteiger partial charge in [-0.1, -0.05) is 155 Å². The summed E-state index contributed by atoms with van der Waals surface area (Å²) in [6.07, 6.45) is 16.6. The van der Waals surface area contributed by atoms with Crippen LogP contribution in [0.2, 0.25) is 0 Å². The molecule has 253 valence electrons. The van der Waals surface area contributed by atoms with Crippen LogP contribution in [0.5, 0.6) is 0 Å². The van der Waals surface area contributed by atoms with Gasteiger partial charge in [0.1, 0.15) is 0 Å². The van der Waals surface area contributed by atoms with Crippen LogP contribution in [-0.4, -0.2) is 12.9 Å². The molecule has 0 N–H and O–H groups in total. The predicted octanol–water partition coefficient (Wildman–Crippen LogP) is 13.8. The van der Waals surface area contributed by atoms with Gasteiger partial charge in [-0.25, -0.2) is 0 Å². The summed E-state index contributed by atoms with van der Waals surface area (Å²) in [5.74, 6) is 0. The standard InChI is InChI=1S/C40H42P2.BF4.Rh/c1-2-16-26-40(42-37(33-21-11-5-12-22-33)29-30-38(42)34-23-13-6-14-24-34)39(25-15-1)41-35(31-17-7-3-8-18-31)27-28-36(41)32-19-9-4-10-20-32;2-1(3,4)5;/h1,3-15,17-24,26,35-39H,2,16,25,27-30H2;;/q;-1;/b15-1?,40-26+;;/t35?,36?,37-,38?,39-,41?,42?;;/m0../s1. The Bertz CT molecular complexity index is 1500. The summed E-state index contributed by atoms with van der Waals surface area (Å²) in [4.78, 5) is 0. The number of hydrogen-bond acceptors (Lipinski definition) is 0. The zero-order valence-electron chi connectivity index (χ0n) is 26.9. The zero-order valence-corrected chi connectivity index (χ0v) is 30.4. The Balaban J connectivity index is 0.000000701. The van der Waals surface area contributed by atoms with Gasteiger partial charge in [-0.2, -0.15) is 0 Å². The zero-order chi connectivity index (χ0) is 32.6. The van der Waals surface area contributed by atoms with E-state index in [1.165, 1.54) is 44.9 Å². The quantitative estimate of drug-likeness (QED) is 0.0792. The largest absolute Gasteiger partial charge is 0.673 e. The van der Waals surface area contributed by atoms with Gasteiger partial charge in [0, 0.05) is 47.8 Å². The molecule has 1 radical (unpaired) electrons. The number of rotatable bonds is 6. The molecule has 6 atom stereocenters. The summed E-state index contributed by atoms with van der Waals surface area (Å²) >= 11 is 0. The van der Waals surface area contributed by atoms with Crippen molar-refractivity contribution < 1.29 is 36.7 Å². The maximum absolute atomic E-state index is 9.75. The van der Waals surface area contributed by atoms with E-state index >= 15 is 0 Å². The van der Waals surface area contributed by atoms with Crippen molar-refractivity contribution in [1.82, 2.24) is 0 Å². The minimum atomic E-state index is -6.00. The molecule has 0 spiro atoms. The summed E-state index contributed by atoms with van der Waals surface area (Å²) in [6, 6.07) is 46.3. The third-order valence-corrected chi connectivity index (χ3v) is 17.3. The summed E-state index contributed by atoms with van der Waals surface area (Å²) in [5, 5.41) is 1.87. The molecule has 4 aromatic rings. The maximum atomic E-state index is 9.75. The van der Waals surface area contributed by atoms with Crippen molar-refractivity contribution in [3.63, 3.8) is 0 Å². The Morgan fingerprint density at radius 3 is 1.21 bits per heavy atom. The van der Waals surface area contributed by atoms with Gasteiger partial charge in [-0.05, 0) is 72.5 Å². The normalized spacial score (nSPS) is 28.2. The van der Waals surface area contributed by atoms with E-state index in [4.69, 9.17) is 0 Å². The van der Waals surface area contributed by atoms with Crippen LogP contribution in [0.4, 0.5) is 17.3 Å². The molecule has 1 aliphatic carbocycles. The van der Waals surface area contributed by atoms with Gasteiger partial charge in [-0.3, -0.25) is 0 Å². The fourth-order valence-corrected chi connectivity index (χ4v) is 16.5. The van der Waals surface area contributed by atoms with E-state index in [-0.39, 0.29) is 35.3 Å². The first-order chi connectivity index (χ1) is 22.9. The molecule has 0 aromatic heterocycles. The second-order valence-corrected chi connectivity index (χ2v) is 18.0. The van der Waals surface area contributed by atoms with Gasteiger partial charge in [0.2, 0.25) is 0 Å². The average molecular weight is 774 g/mol. The molecule has 2 heterocycles. The van der Waals surface area contributed by atoms with E-state index in [9.17, 15) is 17.3 Å². The first-order valence-electron chi connectivity index (χ1n) is 16.9. The Morgan fingerprint density at radius 1 is 0.458 bits per heavy atom. The molecule has 8 heteroatoms. The predicted molar refractivity (Wildman–Crippen MR) is 194 cm³/mol. The molecular formula is C40H42BF4P2Rh-. The molecule has 0 nitrogen and oxygen atoms in total. The van der Waals surface area contributed by atoms with Crippen LogP contribution in [-0.2, 0) is 19.5 Å². The van der Waals surface area contributed by atoms with Crippen molar-refractivity contribution in [2.75, 3.05) is 0 Å². The van der Waals surface area contributed by atoms with Gasteiger partial charge in [0.05, 0.1) is 0 Å². The minimum absolute atomic E-state index is 0.